The van der Waals surface area contributed by atoms with Gasteiger partial charge in [0.1, 0.15) is 49.2 Å². The van der Waals surface area contributed by atoms with Crippen LogP contribution in [-0.2, 0) is 52.5 Å². The van der Waals surface area contributed by atoms with Gasteiger partial charge in [0.15, 0.2) is 0 Å². The average molecular weight is 1010 g/mol. The molecular formula is C52H80O11S4. The molecule has 378 valence electrons. The summed E-state index contributed by atoms with van der Waals surface area (Å²) in [5, 5.41) is -0.525. The lowest BCUT2D eigenvalue weighted by molar-refractivity contribution is -0.167. The van der Waals surface area contributed by atoms with Crippen molar-refractivity contribution in [2.75, 3.05) is 49.4 Å². The van der Waals surface area contributed by atoms with E-state index in [1.54, 1.807) is 0 Å². The zero-order chi connectivity index (χ0) is 50.3. The predicted octanol–water partition coefficient (Wildman–Crippen LogP) is 10.0. The van der Waals surface area contributed by atoms with E-state index < -0.39 is 55.7 Å². The van der Waals surface area contributed by atoms with Gasteiger partial charge in [-0.15, -0.1) is 35.3 Å². The second-order valence-electron chi connectivity index (χ2n) is 21.5. The normalized spacial score (nSPS) is 26.0. The average Bonchev–Trinajstić information content (AvgIpc) is 3.22. The molecule has 11 nitrogen and oxygen atoms in total. The molecule has 0 aromatic carbocycles. The third-order valence-electron chi connectivity index (χ3n) is 13.6. The Morgan fingerprint density at radius 1 is 0.507 bits per heavy atom. The second-order valence-corrected chi connectivity index (χ2v) is 26.1. The van der Waals surface area contributed by atoms with Crippen LogP contribution in [0.15, 0.2) is 36.5 Å². The minimum Gasteiger partial charge on any atom is -0.464 e. The smallest absolute Gasteiger partial charge is 0.315 e. The molecule has 3 aliphatic rings. The number of carbonyl (C=O) groups is 7. The molecule has 0 aliphatic heterocycles. The maximum atomic E-state index is 13.5. The van der Waals surface area contributed by atoms with Crippen LogP contribution in [0, 0.1) is 57.2 Å². The van der Waals surface area contributed by atoms with E-state index in [2.05, 4.69) is 111 Å². The van der Waals surface area contributed by atoms with Gasteiger partial charge in [0.05, 0.1) is 23.0 Å². The first-order valence-corrected chi connectivity index (χ1v) is 27.7. The number of carbonyl (C=O) groups excluding carboxylic acids is 7. The molecule has 0 aromatic rings. The number of esters is 4. The van der Waals surface area contributed by atoms with Crippen molar-refractivity contribution >= 4 is 89.1 Å². The SMILES string of the molecule is CC(CC(=O)C1C(C)C=CCC1(C)C)SCC(=O)OCC(COC(=O)CS)(COC(=O)CSC(C)CC(=O)C1C(C)C=CCC1(C)C)COC(=O)CSC(C)CC(=O)C1C(C)C=CCC1(C)C. The summed E-state index contributed by atoms with van der Waals surface area (Å²) < 4.78 is 22.8. The number of Topliss-reactive ketones (excluding diaryl/α,β-unsaturated/α-hetero) is 3. The molecule has 9 unspecified atom stereocenters. The molecule has 3 aliphatic carbocycles. The lowest BCUT2D eigenvalue weighted by Gasteiger charge is -2.39. The molecule has 0 bridgehead atoms. The molecule has 0 aromatic heterocycles. The van der Waals surface area contributed by atoms with E-state index in [0.29, 0.717) is 19.3 Å². The van der Waals surface area contributed by atoms with Crippen molar-refractivity contribution in [2.24, 2.45) is 57.2 Å². The molecule has 0 radical (unpaired) electrons. The van der Waals surface area contributed by atoms with Crippen LogP contribution in [0.5, 0.6) is 0 Å². The summed E-state index contributed by atoms with van der Waals surface area (Å²) in [5.74, 6) is -2.57. The number of thioether (sulfide) groups is 3. The van der Waals surface area contributed by atoms with Crippen LogP contribution >= 0.6 is 47.9 Å². The van der Waals surface area contributed by atoms with E-state index in [1.807, 2.05) is 20.8 Å². The first-order valence-electron chi connectivity index (χ1n) is 23.9. The first-order chi connectivity index (χ1) is 31.2. The van der Waals surface area contributed by atoms with Crippen LogP contribution in [0.3, 0.4) is 0 Å². The highest BCUT2D eigenvalue weighted by Crippen LogP contribution is 2.44. The number of ketones is 3. The van der Waals surface area contributed by atoms with Crippen LogP contribution in [0.2, 0.25) is 0 Å². The molecule has 0 spiro atoms. The summed E-state index contributed by atoms with van der Waals surface area (Å²) in [4.78, 5) is 92.9. The van der Waals surface area contributed by atoms with Crippen LogP contribution < -0.4 is 0 Å². The molecule has 67 heavy (non-hydrogen) atoms. The Balaban J connectivity index is 1.70. The van der Waals surface area contributed by atoms with Gasteiger partial charge in [0.2, 0.25) is 0 Å². The molecular weight excluding hydrogens is 929 g/mol. The predicted molar refractivity (Wildman–Crippen MR) is 275 cm³/mol. The van der Waals surface area contributed by atoms with Crippen LogP contribution in [0.4, 0.5) is 0 Å². The first kappa shape index (κ1) is 58.8. The number of hydrogen-bond donors (Lipinski definition) is 1. The largest absolute Gasteiger partial charge is 0.464 e. The highest BCUT2D eigenvalue weighted by Gasteiger charge is 2.43. The maximum Gasteiger partial charge on any atom is 0.315 e. The van der Waals surface area contributed by atoms with Crippen molar-refractivity contribution in [1.29, 1.82) is 0 Å². The highest BCUT2D eigenvalue weighted by atomic mass is 32.2. The lowest BCUT2D eigenvalue weighted by atomic mass is 9.65. The van der Waals surface area contributed by atoms with E-state index in [-0.39, 0.29) is 108 Å². The summed E-state index contributed by atoms with van der Waals surface area (Å²) in [6.45, 7) is 22.8. The van der Waals surface area contributed by atoms with Crippen molar-refractivity contribution in [3.8, 4) is 0 Å². The zero-order valence-corrected chi connectivity index (χ0v) is 45.6. The Labute approximate surface area is 419 Å². The zero-order valence-electron chi connectivity index (χ0n) is 42.2. The number of rotatable bonds is 27. The lowest BCUT2D eigenvalue weighted by Crippen LogP contribution is -2.44. The topological polar surface area (TPSA) is 156 Å². The van der Waals surface area contributed by atoms with Gasteiger partial charge in [0.25, 0.3) is 0 Å². The maximum absolute atomic E-state index is 13.5. The van der Waals surface area contributed by atoms with Crippen molar-refractivity contribution in [3.05, 3.63) is 36.5 Å². The number of ether oxygens (including phenoxy) is 4. The molecule has 0 N–H and O–H groups in total. The van der Waals surface area contributed by atoms with Crippen LogP contribution in [0.1, 0.15) is 122 Å². The summed E-state index contributed by atoms with van der Waals surface area (Å²) in [6.07, 6.45) is 16.0. The molecule has 0 heterocycles. The van der Waals surface area contributed by atoms with Crippen molar-refractivity contribution in [1.82, 2.24) is 0 Å². The van der Waals surface area contributed by atoms with Gasteiger partial charge < -0.3 is 18.9 Å². The minimum absolute atomic E-state index is 0.0786. The third-order valence-corrected chi connectivity index (χ3v) is 17.3. The standard InChI is InChI=1S/C52H80O11S4/c1-33-16-13-19-49(7,8)46(33)39(53)22-36(4)65-26-43(57)61-30-52(29-60-42(56)25-64,31-62-44(58)27-66-37(5)23-40(54)47-34(2)17-14-20-50(47,9)10)32-63-45(59)28-67-38(6)24-41(55)48-35(3)18-15-21-51(48,11)12/h13-18,33-38,46-48,64H,19-32H2,1-12H3. The molecule has 3 rings (SSSR count). The summed E-state index contributed by atoms with van der Waals surface area (Å²) in [5.41, 5.74) is -2.00. The summed E-state index contributed by atoms with van der Waals surface area (Å²) >= 11 is 7.91. The third kappa shape index (κ3) is 18.6. The van der Waals surface area contributed by atoms with E-state index in [9.17, 15) is 33.6 Å². The molecule has 0 saturated heterocycles. The summed E-state index contributed by atoms with van der Waals surface area (Å²) in [6, 6.07) is 0. The second kappa shape index (κ2) is 26.6. The Morgan fingerprint density at radius 2 is 0.761 bits per heavy atom. The van der Waals surface area contributed by atoms with Crippen molar-refractivity contribution in [3.63, 3.8) is 0 Å². The Bertz CT molecular complexity index is 1630. The fourth-order valence-corrected chi connectivity index (χ4v) is 12.6. The Kier molecular flexibility index (Phi) is 23.4. The van der Waals surface area contributed by atoms with E-state index in [1.165, 1.54) is 35.3 Å². The molecule has 9 atom stereocenters. The monoisotopic (exact) mass is 1010 g/mol. The highest BCUT2D eigenvalue weighted by molar-refractivity contribution is 8.01. The Morgan fingerprint density at radius 3 is 1.00 bits per heavy atom. The number of thiol groups is 1. The van der Waals surface area contributed by atoms with Gasteiger partial charge in [-0.25, -0.2) is 0 Å². The number of hydrogen-bond acceptors (Lipinski definition) is 15. The van der Waals surface area contributed by atoms with E-state index in [4.69, 9.17) is 18.9 Å². The van der Waals surface area contributed by atoms with Crippen LogP contribution in [-0.4, -0.2) is 106 Å². The van der Waals surface area contributed by atoms with Gasteiger partial charge in [-0.1, -0.05) is 120 Å². The quantitative estimate of drug-likeness (QED) is 0.0359. The molecule has 0 fully saturated rings. The fourth-order valence-electron chi connectivity index (χ4n) is 10.2. The van der Waals surface area contributed by atoms with Crippen molar-refractivity contribution in [2.45, 2.75) is 137 Å². The summed E-state index contributed by atoms with van der Waals surface area (Å²) in [7, 11) is 0. The molecule has 15 heteroatoms. The van der Waals surface area contributed by atoms with Gasteiger partial charge >= 0.3 is 23.9 Å². The van der Waals surface area contributed by atoms with E-state index >= 15 is 0 Å². The van der Waals surface area contributed by atoms with Crippen LogP contribution in [0.25, 0.3) is 0 Å². The minimum atomic E-state index is -1.49. The fraction of sp³-hybridized carbons (Fsp3) is 0.750. The van der Waals surface area contributed by atoms with Crippen molar-refractivity contribution < 1.29 is 52.5 Å². The Hall–Kier alpha value is -2.49. The van der Waals surface area contributed by atoms with Gasteiger partial charge in [-0.2, -0.15) is 12.6 Å². The molecule has 0 saturated carbocycles. The molecule has 0 amide bonds. The van der Waals surface area contributed by atoms with Gasteiger partial charge in [0, 0.05) is 52.8 Å². The van der Waals surface area contributed by atoms with Gasteiger partial charge in [-0.3, -0.25) is 33.6 Å². The van der Waals surface area contributed by atoms with Gasteiger partial charge in [-0.05, 0) is 53.3 Å². The van der Waals surface area contributed by atoms with E-state index in [0.717, 1.165) is 19.3 Å². The number of allylic oxidation sites excluding steroid dienone is 6.